The van der Waals surface area contributed by atoms with Crippen molar-refractivity contribution in [1.29, 1.82) is 0 Å². The number of hydrogen-bond acceptors (Lipinski definition) is 5. The zero-order valence-corrected chi connectivity index (χ0v) is 14.6. The van der Waals surface area contributed by atoms with Crippen LogP contribution in [-0.4, -0.2) is 29.4 Å². The summed E-state index contributed by atoms with van der Waals surface area (Å²) in [6.07, 6.45) is -0.993. The molecule has 0 amide bonds. The van der Waals surface area contributed by atoms with Crippen LogP contribution in [0, 0.1) is 0 Å². The van der Waals surface area contributed by atoms with Crippen molar-refractivity contribution in [2.45, 2.75) is 20.0 Å². The van der Waals surface area contributed by atoms with Gasteiger partial charge in [0.05, 0.1) is 11.6 Å². The van der Waals surface area contributed by atoms with Crippen LogP contribution in [0.3, 0.4) is 0 Å². The summed E-state index contributed by atoms with van der Waals surface area (Å²) in [5.74, 6) is -0.493. The number of nitrogens with zero attached hydrogens (tertiary/aromatic N) is 1. The van der Waals surface area contributed by atoms with E-state index in [0.717, 1.165) is 0 Å². The Labute approximate surface area is 149 Å². The lowest BCUT2D eigenvalue weighted by atomic mass is 10.1. The number of ketones is 1. The summed E-state index contributed by atoms with van der Waals surface area (Å²) in [5.41, 5.74) is 0.277. The second kappa shape index (κ2) is 8.13. The van der Waals surface area contributed by atoms with E-state index >= 15 is 0 Å². The van der Waals surface area contributed by atoms with Gasteiger partial charge in [0.25, 0.3) is 0 Å². The highest BCUT2D eigenvalue weighted by Crippen LogP contribution is 2.19. The van der Waals surface area contributed by atoms with Gasteiger partial charge >= 0.3 is 5.97 Å². The Kier molecular flexibility index (Phi) is 6.17. The summed E-state index contributed by atoms with van der Waals surface area (Å²) in [7, 11) is 0. The Morgan fingerprint density at radius 3 is 2.42 bits per heavy atom. The van der Waals surface area contributed by atoms with Crippen molar-refractivity contribution in [1.82, 2.24) is 4.98 Å². The average Bonchev–Trinajstić information content (AvgIpc) is 2.57. The molecular weight excluding hydrogens is 353 g/mol. The molecule has 0 fully saturated rings. The first kappa shape index (κ1) is 18.2. The fourth-order valence-corrected chi connectivity index (χ4v) is 2.28. The van der Waals surface area contributed by atoms with Gasteiger partial charge < -0.3 is 9.47 Å². The molecule has 1 heterocycles. The van der Waals surface area contributed by atoms with Gasteiger partial charge in [0.1, 0.15) is 10.9 Å². The van der Waals surface area contributed by atoms with Crippen LogP contribution < -0.4 is 4.74 Å². The first-order valence-corrected chi connectivity index (χ1v) is 7.98. The van der Waals surface area contributed by atoms with Gasteiger partial charge in [0, 0.05) is 5.56 Å². The molecule has 0 aliphatic carbocycles. The smallest absolute Gasteiger partial charge is 0.359 e. The molecule has 0 saturated carbocycles. The van der Waals surface area contributed by atoms with Gasteiger partial charge in [-0.1, -0.05) is 23.2 Å². The maximum absolute atomic E-state index is 12.3. The minimum Gasteiger partial charge on any atom is -0.494 e. The van der Waals surface area contributed by atoms with E-state index in [0.29, 0.717) is 17.9 Å². The summed E-state index contributed by atoms with van der Waals surface area (Å²) in [4.78, 5) is 28.3. The van der Waals surface area contributed by atoms with Gasteiger partial charge in [0.15, 0.2) is 11.8 Å². The molecule has 7 heteroatoms. The number of benzene rings is 1. The van der Waals surface area contributed by atoms with Crippen LogP contribution in [0.2, 0.25) is 10.2 Å². The topological polar surface area (TPSA) is 65.5 Å². The number of hydrogen-bond donors (Lipinski definition) is 0. The van der Waals surface area contributed by atoms with Gasteiger partial charge in [-0.05, 0) is 50.2 Å². The first-order chi connectivity index (χ1) is 11.4. The normalized spacial score (nSPS) is 11.7. The molecule has 1 aromatic carbocycles. The lowest BCUT2D eigenvalue weighted by molar-refractivity contribution is 0.0313. The zero-order chi connectivity index (χ0) is 17.7. The molecule has 0 unspecified atom stereocenters. The second-order valence-electron chi connectivity index (χ2n) is 4.83. The Morgan fingerprint density at radius 1 is 1.12 bits per heavy atom. The molecule has 0 spiro atoms. The molecule has 0 aliphatic heterocycles. The van der Waals surface area contributed by atoms with Crippen LogP contribution in [-0.2, 0) is 4.74 Å². The third-order valence-electron chi connectivity index (χ3n) is 3.11. The van der Waals surface area contributed by atoms with Crippen molar-refractivity contribution in [2.24, 2.45) is 0 Å². The van der Waals surface area contributed by atoms with Gasteiger partial charge in [-0.2, -0.15) is 0 Å². The number of ether oxygens (including phenoxy) is 2. The van der Waals surface area contributed by atoms with Gasteiger partial charge in [-0.3, -0.25) is 4.79 Å². The van der Waals surface area contributed by atoms with E-state index in [2.05, 4.69) is 4.98 Å². The van der Waals surface area contributed by atoms with Crippen LogP contribution in [0.25, 0.3) is 0 Å². The molecule has 2 aromatic rings. The maximum atomic E-state index is 12.3. The molecule has 126 valence electrons. The van der Waals surface area contributed by atoms with E-state index in [1.165, 1.54) is 19.1 Å². The lowest BCUT2D eigenvalue weighted by Crippen LogP contribution is -2.25. The quantitative estimate of drug-likeness (QED) is 0.434. The molecule has 2 rings (SSSR count). The summed E-state index contributed by atoms with van der Waals surface area (Å²) >= 11 is 11.6. The highest BCUT2D eigenvalue weighted by atomic mass is 35.5. The second-order valence-corrected chi connectivity index (χ2v) is 5.63. The predicted octanol–water partition coefficient (Wildman–Crippen LogP) is 4.22. The van der Waals surface area contributed by atoms with Crippen molar-refractivity contribution in [2.75, 3.05) is 6.61 Å². The van der Waals surface area contributed by atoms with Crippen molar-refractivity contribution < 1.29 is 19.1 Å². The summed E-state index contributed by atoms with van der Waals surface area (Å²) in [6, 6.07) is 9.48. The van der Waals surface area contributed by atoms with E-state index in [1.807, 2.05) is 6.92 Å². The molecule has 0 bridgehead atoms. The predicted molar refractivity (Wildman–Crippen MR) is 91.1 cm³/mol. The largest absolute Gasteiger partial charge is 0.494 e. The molecule has 0 N–H and O–H groups in total. The zero-order valence-electron chi connectivity index (χ0n) is 13.1. The molecule has 0 radical (unpaired) electrons. The van der Waals surface area contributed by atoms with E-state index in [1.54, 1.807) is 24.3 Å². The molecule has 24 heavy (non-hydrogen) atoms. The summed E-state index contributed by atoms with van der Waals surface area (Å²) in [6.45, 7) is 3.89. The molecule has 1 atom stereocenters. The number of esters is 1. The number of Topliss-reactive ketones (excluding diaryl/α,β-unsaturated/α-hetero) is 1. The lowest BCUT2D eigenvalue weighted by Gasteiger charge is -2.13. The Bertz CT molecular complexity index is 747. The molecule has 0 saturated heterocycles. The molecular formula is C17H15Cl2NO4. The fraction of sp³-hybridized carbons (Fsp3) is 0.235. The van der Waals surface area contributed by atoms with Crippen LogP contribution in [0.4, 0.5) is 0 Å². The van der Waals surface area contributed by atoms with Crippen LogP contribution in [0.15, 0.2) is 36.4 Å². The van der Waals surface area contributed by atoms with Gasteiger partial charge in [-0.15, -0.1) is 0 Å². The number of rotatable bonds is 6. The van der Waals surface area contributed by atoms with Gasteiger partial charge in [0.2, 0.25) is 5.78 Å². The van der Waals surface area contributed by atoms with E-state index in [-0.39, 0.29) is 21.7 Å². The standard InChI is InChI=1S/C17H15Cl2NO4/c1-3-23-12-6-4-11(5-7-12)16(21)10(2)24-17(22)15-13(18)8-9-14(19)20-15/h4-10H,3H2,1-2H3/t10-/m0/s1. The van der Waals surface area contributed by atoms with E-state index in [9.17, 15) is 9.59 Å². The highest BCUT2D eigenvalue weighted by molar-refractivity contribution is 6.34. The summed E-state index contributed by atoms with van der Waals surface area (Å²) in [5, 5.41) is 0.210. The minimum absolute atomic E-state index is 0.102. The third kappa shape index (κ3) is 4.46. The van der Waals surface area contributed by atoms with Crippen LogP contribution in [0.5, 0.6) is 5.75 Å². The number of pyridine rings is 1. The Hall–Kier alpha value is -2.11. The van der Waals surface area contributed by atoms with Gasteiger partial charge in [-0.25, -0.2) is 9.78 Å². The van der Waals surface area contributed by atoms with Crippen molar-refractivity contribution >= 4 is 35.0 Å². The van der Waals surface area contributed by atoms with Crippen LogP contribution >= 0.6 is 23.2 Å². The SMILES string of the molecule is CCOc1ccc(C(=O)[C@H](C)OC(=O)c2nc(Cl)ccc2Cl)cc1. The first-order valence-electron chi connectivity index (χ1n) is 7.22. The number of carbonyl (C=O) groups excluding carboxylic acids is 2. The van der Waals surface area contributed by atoms with Crippen LogP contribution in [0.1, 0.15) is 34.7 Å². The summed E-state index contributed by atoms with van der Waals surface area (Å²) < 4.78 is 10.5. The number of halogens is 2. The Balaban J connectivity index is 2.08. The van der Waals surface area contributed by atoms with Crippen molar-refractivity contribution in [3.63, 3.8) is 0 Å². The molecule has 5 nitrogen and oxygen atoms in total. The number of aromatic nitrogens is 1. The monoisotopic (exact) mass is 367 g/mol. The molecule has 0 aliphatic rings. The molecule has 1 aromatic heterocycles. The maximum Gasteiger partial charge on any atom is 0.359 e. The van der Waals surface area contributed by atoms with E-state index in [4.69, 9.17) is 32.7 Å². The Morgan fingerprint density at radius 2 is 1.79 bits per heavy atom. The minimum atomic E-state index is -0.993. The van der Waals surface area contributed by atoms with Crippen molar-refractivity contribution in [3.8, 4) is 5.75 Å². The number of carbonyl (C=O) groups is 2. The van der Waals surface area contributed by atoms with E-state index < -0.39 is 12.1 Å². The average molecular weight is 368 g/mol. The fourth-order valence-electron chi connectivity index (χ4n) is 1.95. The highest BCUT2D eigenvalue weighted by Gasteiger charge is 2.23. The third-order valence-corrected chi connectivity index (χ3v) is 3.62. The van der Waals surface area contributed by atoms with Crippen molar-refractivity contribution in [3.05, 3.63) is 57.8 Å².